The summed E-state index contributed by atoms with van der Waals surface area (Å²) in [7, 11) is 3.11. The van der Waals surface area contributed by atoms with Gasteiger partial charge in [-0.25, -0.2) is 4.79 Å². The average Bonchev–Trinajstić information content (AvgIpc) is 3.16. The van der Waals surface area contributed by atoms with Crippen LogP contribution in [0.1, 0.15) is 49.5 Å². The molecule has 0 bridgehead atoms. The van der Waals surface area contributed by atoms with Crippen LogP contribution in [0, 0.1) is 11.3 Å². The van der Waals surface area contributed by atoms with E-state index in [1.807, 2.05) is 32.0 Å². The molecule has 0 saturated carbocycles. The minimum absolute atomic E-state index is 0.205. The molecule has 3 rings (SSSR count). The number of carboxylic acids is 1. The highest BCUT2D eigenvalue weighted by molar-refractivity contribution is 5.96. The molecule has 1 aliphatic heterocycles. The maximum absolute atomic E-state index is 12.0. The third-order valence-corrected chi connectivity index (χ3v) is 5.82. The number of fused-ring (bicyclic) bond motifs is 1. The molecule has 1 atom stereocenters. The van der Waals surface area contributed by atoms with Gasteiger partial charge in [-0.1, -0.05) is 32.9 Å². The number of carbonyl (C=O) groups excluding carboxylic acids is 1. The Hall–Kier alpha value is -3.22. The molecule has 32 heavy (non-hydrogen) atoms. The van der Waals surface area contributed by atoms with E-state index in [0.29, 0.717) is 42.3 Å². The van der Waals surface area contributed by atoms with Crippen molar-refractivity contribution >= 4 is 11.9 Å². The molecule has 2 aromatic rings. The second-order valence-corrected chi connectivity index (χ2v) is 8.82. The zero-order chi connectivity index (χ0) is 23.5. The summed E-state index contributed by atoms with van der Waals surface area (Å²) >= 11 is 0. The van der Waals surface area contributed by atoms with Gasteiger partial charge < -0.3 is 24.1 Å². The van der Waals surface area contributed by atoms with Gasteiger partial charge in [0, 0.05) is 11.1 Å². The highest BCUT2D eigenvalue weighted by Crippen LogP contribution is 2.47. The van der Waals surface area contributed by atoms with Gasteiger partial charge in [0.2, 0.25) is 5.75 Å². The molecule has 0 radical (unpaired) electrons. The molecule has 1 unspecified atom stereocenters. The molecule has 2 aromatic carbocycles. The summed E-state index contributed by atoms with van der Waals surface area (Å²) in [6.45, 7) is 6.35. The molecule has 0 fully saturated rings. The van der Waals surface area contributed by atoms with Gasteiger partial charge in [-0.15, -0.1) is 0 Å². The lowest BCUT2D eigenvalue weighted by atomic mass is 9.86. The lowest BCUT2D eigenvalue weighted by molar-refractivity contribution is -0.141. The predicted molar refractivity (Wildman–Crippen MR) is 119 cm³/mol. The number of hydrogen-bond donors (Lipinski definition) is 1. The van der Waals surface area contributed by atoms with Crippen molar-refractivity contribution in [3.05, 3.63) is 41.5 Å². The number of cyclic esters (lactones) is 1. The molecule has 1 heterocycles. The first-order valence-electron chi connectivity index (χ1n) is 10.6. The van der Waals surface area contributed by atoms with E-state index in [-0.39, 0.29) is 18.0 Å². The summed E-state index contributed by atoms with van der Waals surface area (Å²) in [5, 5.41) is 9.17. The van der Waals surface area contributed by atoms with Crippen LogP contribution in [0.4, 0.5) is 0 Å². The molecule has 0 amide bonds. The minimum Gasteiger partial charge on any atom is -0.493 e. The molecular formula is C25H30O7. The van der Waals surface area contributed by atoms with Crippen molar-refractivity contribution in [1.82, 2.24) is 0 Å². The maximum Gasteiger partial charge on any atom is 0.338 e. The van der Waals surface area contributed by atoms with E-state index in [4.69, 9.17) is 18.9 Å². The van der Waals surface area contributed by atoms with Crippen LogP contribution in [-0.2, 0) is 16.1 Å². The van der Waals surface area contributed by atoms with Gasteiger partial charge in [0.05, 0.1) is 32.3 Å². The van der Waals surface area contributed by atoms with Crippen LogP contribution in [0.3, 0.4) is 0 Å². The Bertz CT molecular complexity index is 1010. The molecular weight excluding hydrogens is 412 g/mol. The molecule has 0 spiro atoms. The van der Waals surface area contributed by atoms with Crippen molar-refractivity contribution in [3.8, 4) is 28.4 Å². The summed E-state index contributed by atoms with van der Waals surface area (Å²) in [6, 6.07) is 9.18. The fourth-order valence-electron chi connectivity index (χ4n) is 3.73. The van der Waals surface area contributed by atoms with E-state index in [1.165, 1.54) is 0 Å². The first kappa shape index (κ1) is 23.4. The molecule has 0 aliphatic carbocycles. The number of ether oxygens (including phenoxy) is 4. The lowest BCUT2D eigenvalue weighted by Crippen LogP contribution is -2.24. The number of carboxylic acid groups (broad SMARTS) is 1. The zero-order valence-electron chi connectivity index (χ0n) is 19.2. The molecule has 0 saturated heterocycles. The van der Waals surface area contributed by atoms with Gasteiger partial charge in [0.1, 0.15) is 6.61 Å². The SMILES string of the molecule is COc1ccc(-c2cccc3c2COC3=O)c(OCC(C)(C)CCC(C)C(=O)O)c1OC. The van der Waals surface area contributed by atoms with Gasteiger partial charge in [-0.2, -0.15) is 0 Å². The van der Waals surface area contributed by atoms with E-state index in [1.54, 1.807) is 33.3 Å². The van der Waals surface area contributed by atoms with E-state index in [2.05, 4.69) is 0 Å². The number of methoxy groups -OCH3 is 2. The summed E-state index contributed by atoms with van der Waals surface area (Å²) in [6.07, 6.45) is 1.24. The smallest absolute Gasteiger partial charge is 0.338 e. The average molecular weight is 443 g/mol. The van der Waals surface area contributed by atoms with Crippen molar-refractivity contribution < 1.29 is 33.6 Å². The van der Waals surface area contributed by atoms with Crippen LogP contribution in [0.2, 0.25) is 0 Å². The monoisotopic (exact) mass is 442 g/mol. The third-order valence-electron chi connectivity index (χ3n) is 5.82. The Morgan fingerprint density at radius 2 is 1.81 bits per heavy atom. The van der Waals surface area contributed by atoms with Crippen LogP contribution >= 0.6 is 0 Å². The minimum atomic E-state index is -0.798. The normalized spacial score (nSPS) is 13.8. The molecule has 7 nitrogen and oxygen atoms in total. The van der Waals surface area contributed by atoms with Crippen LogP contribution < -0.4 is 14.2 Å². The van der Waals surface area contributed by atoms with Crippen molar-refractivity contribution in [2.75, 3.05) is 20.8 Å². The third kappa shape index (κ3) is 4.82. The van der Waals surface area contributed by atoms with Gasteiger partial charge in [-0.05, 0) is 42.0 Å². The fraction of sp³-hybridized carbons (Fsp3) is 0.440. The molecule has 172 valence electrons. The first-order chi connectivity index (χ1) is 15.2. The summed E-state index contributed by atoms with van der Waals surface area (Å²) < 4.78 is 22.7. The molecule has 1 aliphatic rings. The topological polar surface area (TPSA) is 91.3 Å². The van der Waals surface area contributed by atoms with Crippen LogP contribution in [0.15, 0.2) is 30.3 Å². The Kier molecular flexibility index (Phi) is 6.96. The van der Waals surface area contributed by atoms with Gasteiger partial charge in [0.25, 0.3) is 0 Å². The van der Waals surface area contributed by atoms with E-state index < -0.39 is 11.9 Å². The van der Waals surface area contributed by atoms with E-state index in [0.717, 1.165) is 16.7 Å². The summed E-state index contributed by atoms with van der Waals surface area (Å²) in [4.78, 5) is 23.2. The molecule has 1 N–H and O–H groups in total. The predicted octanol–water partition coefficient (Wildman–Crippen LogP) is 4.95. The number of esters is 1. The van der Waals surface area contributed by atoms with Crippen molar-refractivity contribution in [1.29, 1.82) is 0 Å². The quantitative estimate of drug-likeness (QED) is 0.521. The maximum atomic E-state index is 12.0. The number of hydrogen-bond acceptors (Lipinski definition) is 6. The summed E-state index contributed by atoms with van der Waals surface area (Å²) in [5.41, 5.74) is 2.69. The van der Waals surface area contributed by atoms with Gasteiger partial charge in [0.15, 0.2) is 11.5 Å². The van der Waals surface area contributed by atoms with Crippen molar-refractivity contribution in [2.24, 2.45) is 11.3 Å². The van der Waals surface area contributed by atoms with Crippen molar-refractivity contribution in [3.63, 3.8) is 0 Å². The Labute approximate surface area is 188 Å². The number of carbonyl (C=O) groups is 2. The van der Waals surface area contributed by atoms with E-state index >= 15 is 0 Å². The highest BCUT2D eigenvalue weighted by Gasteiger charge is 2.29. The van der Waals surface area contributed by atoms with E-state index in [9.17, 15) is 14.7 Å². The molecule has 7 heteroatoms. The number of aliphatic carboxylic acids is 1. The Balaban J connectivity index is 1.96. The van der Waals surface area contributed by atoms with Crippen molar-refractivity contribution in [2.45, 2.75) is 40.2 Å². The standard InChI is InChI=1S/C25H30O7/c1-15(23(26)27)11-12-25(2,3)14-32-21-17(9-10-20(29-4)22(21)30-5)16-7-6-8-18-19(16)13-31-24(18)28/h6-10,15H,11-14H2,1-5H3,(H,26,27). The van der Waals surface area contributed by atoms with Gasteiger partial charge >= 0.3 is 11.9 Å². The zero-order valence-corrected chi connectivity index (χ0v) is 19.2. The Morgan fingerprint density at radius 3 is 2.47 bits per heavy atom. The Morgan fingerprint density at radius 1 is 1.09 bits per heavy atom. The summed E-state index contributed by atoms with van der Waals surface area (Å²) in [5.74, 6) is -0.0442. The van der Waals surface area contributed by atoms with Crippen LogP contribution in [0.5, 0.6) is 17.2 Å². The highest BCUT2D eigenvalue weighted by atomic mass is 16.5. The second kappa shape index (κ2) is 9.51. The largest absolute Gasteiger partial charge is 0.493 e. The van der Waals surface area contributed by atoms with Gasteiger partial charge in [-0.3, -0.25) is 4.79 Å². The lowest BCUT2D eigenvalue weighted by Gasteiger charge is -2.27. The van der Waals surface area contributed by atoms with Crippen LogP contribution in [-0.4, -0.2) is 37.9 Å². The van der Waals surface area contributed by atoms with Crippen LogP contribution in [0.25, 0.3) is 11.1 Å². The second-order valence-electron chi connectivity index (χ2n) is 8.82. The molecule has 0 aromatic heterocycles. The number of rotatable bonds is 10. The fourth-order valence-corrected chi connectivity index (χ4v) is 3.73. The number of benzene rings is 2. The first-order valence-corrected chi connectivity index (χ1v) is 10.6.